The van der Waals surface area contributed by atoms with Gasteiger partial charge in [-0.1, -0.05) is 11.6 Å². The summed E-state index contributed by atoms with van der Waals surface area (Å²) in [6.07, 6.45) is 4.86. The number of nitrogens with zero attached hydrogens (tertiary/aromatic N) is 3. The molecule has 1 fully saturated rings. The molecule has 2 aliphatic rings. The van der Waals surface area contributed by atoms with Crippen LogP contribution in [0.1, 0.15) is 30.6 Å². The summed E-state index contributed by atoms with van der Waals surface area (Å²) < 4.78 is 11.8. The number of rotatable bonds is 2. The smallest absolute Gasteiger partial charge is 0.263 e. The van der Waals surface area contributed by atoms with E-state index < -0.39 is 6.10 Å². The number of carbonyl (C=O) groups excluding carboxylic acids is 1. The summed E-state index contributed by atoms with van der Waals surface area (Å²) in [5.41, 5.74) is 3.48. The van der Waals surface area contributed by atoms with Crippen LogP contribution >= 0.6 is 11.6 Å². The van der Waals surface area contributed by atoms with Gasteiger partial charge in [0, 0.05) is 53.5 Å². The predicted octanol–water partition coefficient (Wildman–Crippen LogP) is 4.34. The van der Waals surface area contributed by atoms with Crippen molar-refractivity contribution in [3.63, 3.8) is 0 Å². The number of ether oxygens (including phenoxy) is 1. The molecule has 1 amide bonds. The number of hydrogen-bond acceptors (Lipinski definition) is 5. The molecule has 0 aliphatic carbocycles. The maximum absolute atomic E-state index is 13.0. The second-order valence-electron chi connectivity index (χ2n) is 7.43. The number of benzene rings is 1. The van der Waals surface area contributed by atoms with Crippen LogP contribution in [0.15, 0.2) is 34.9 Å². The maximum Gasteiger partial charge on any atom is 0.263 e. The number of piperidine rings is 1. The van der Waals surface area contributed by atoms with Gasteiger partial charge in [-0.25, -0.2) is 0 Å². The summed E-state index contributed by atoms with van der Waals surface area (Å²) >= 11 is 6.39. The zero-order valence-corrected chi connectivity index (χ0v) is 16.4. The number of amides is 1. The van der Waals surface area contributed by atoms with Crippen molar-refractivity contribution < 1.29 is 13.9 Å². The summed E-state index contributed by atoms with van der Waals surface area (Å²) in [4.78, 5) is 19.1. The summed E-state index contributed by atoms with van der Waals surface area (Å²) in [6.45, 7) is 1.58. The lowest BCUT2D eigenvalue weighted by Crippen LogP contribution is -2.43. The van der Waals surface area contributed by atoms with E-state index in [-0.39, 0.29) is 11.7 Å². The van der Waals surface area contributed by atoms with Crippen LogP contribution in [0.4, 0.5) is 0 Å². The summed E-state index contributed by atoms with van der Waals surface area (Å²) in [5.74, 6) is 0.873. The first kappa shape index (κ1) is 18.0. The third-order valence-corrected chi connectivity index (χ3v) is 5.77. The SMILES string of the molecule is N#Cc1cc2nccc(-c3cc(Cl)cc4c3OC(C(=O)N3CCCCC3)C4)c2o1. The highest BCUT2D eigenvalue weighted by atomic mass is 35.5. The van der Waals surface area contributed by atoms with Gasteiger partial charge in [0.25, 0.3) is 5.91 Å². The Kier molecular flexibility index (Phi) is 4.40. The van der Waals surface area contributed by atoms with Gasteiger partial charge in [0.2, 0.25) is 5.76 Å². The number of nitriles is 1. The number of hydrogen-bond donors (Lipinski definition) is 0. The molecule has 1 atom stereocenters. The average molecular weight is 408 g/mol. The largest absolute Gasteiger partial charge is 0.479 e. The van der Waals surface area contributed by atoms with Crippen LogP contribution in [0, 0.1) is 11.3 Å². The topological polar surface area (TPSA) is 79.4 Å². The van der Waals surface area contributed by atoms with Crippen molar-refractivity contribution in [2.24, 2.45) is 0 Å². The van der Waals surface area contributed by atoms with Crippen LogP contribution in [-0.2, 0) is 11.2 Å². The van der Waals surface area contributed by atoms with E-state index in [2.05, 4.69) is 4.98 Å². The molecule has 2 aromatic heterocycles. The number of pyridine rings is 1. The first-order valence-corrected chi connectivity index (χ1v) is 10.1. The molecule has 1 unspecified atom stereocenters. The fraction of sp³-hybridized carbons (Fsp3) is 0.318. The lowest BCUT2D eigenvalue weighted by molar-refractivity contribution is -0.138. The fourth-order valence-electron chi connectivity index (χ4n) is 4.19. The second-order valence-corrected chi connectivity index (χ2v) is 7.87. The van der Waals surface area contributed by atoms with Crippen LogP contribution in [0.5, 0.6) is 5.75 Å². The Bertz CT molecular complexity index is 1160. The predicted molar refractivity (Wildman–Crippen MR) is 108 cm³/mol. The van der Waals surface area contributed by atoms with Gasteiger partial charge >= 0.3 is 0 Å². The lowest BCUT2D eigenvalue weighted by Gasteiger charge is -2.28. The van der Waals surface area contributed by atoms with E-state index in [4.69, 9.17) is 26.0 Å². The van der Waals surface area contributed by atoms with Gasteiger partial charge in [-0.05, 0) is 37.5 Å². The Labute approximate surface area is 172 Å². The van der Waals surface area contributed by atoms with Crippen molar-refractivity contribution >= 4 is 28.6 Å². The Hall–Kier alpha value is -3.04. The minimum absolute atomic E-state index is 0.0348. The number of aromatic nitrogens is 1. The number of furan rings is 1. The molecule has 2 aliphatic heterocycles. The molecule has 0 saturated carbocycles. The van der Waals surface area contributed by atoms with E-state index in [1.807, 2.05) is 23.1 Å². The molecule has 29 heavy (non-hydrogen) atoms. The summed E-state index contributed by atoms with van der Waals surface area (Å²) in [5, 5.41) is 9.72. The first-order valence-electron chi connectivity index (χ1n) is 9.71. The third-order valence-electron chi connectivity index (χ3n) is 5.55. The molecule has 146 valence electrons. The zero-order chi connectivity index (χ0) is 20.0. The minimum atomic E-state index is -0.538. The molecule has 5 rings (SSSR count). The highest BCUT2D eigenvalue weighted by Crippen LogP contribution is 2.43. The van der Waals surface area contributed by atoms with Crippen LogP contribution in [0.2, 0.25) is 5.02 Å². The van der Waals surface area contributed by atoms with Crippen LogP contribution in [0.3, 0.4) is 0 Å². The van der Waals surface area contributed by atoms with E-state index in [1.54, 1.807) is 18.3 Å². The Morgan fingerprint density at radius 2 is 2.03 bits per heavy atom. The fourth-order valence-corrected chi connectivity index (χ4v) is 4.43. The number of fused-ring (bicyclic) bond motifs is 2. The molecule has 6 nitrogen and oxygen atoms in total. The molecule has 3 aromatic rings. The van der Waals surface area contributed by atoms with Crippen molar-refractivity contribution in [2.45, 2.75) is 31.8 Å². The van der Waals surface area contributed by atoms with Crippen LogP contribution < -0.4 is 4.74 Å². The monoisotopic (exact) mass is 407 g/mol. The highest BCUT2D eigenvalue weighted by molar-refractivity contribution is 6.31. The van der Waals surface area contributed by atoms with Crippen LogP contribution in [-0.4, -0.2) is 35.0 Å². The standard InChI is InChI=1S/C22H18ClN3O3/c23-14-8-13-9-19(22(27)26-6-2-1-3-7-26)29-20(13)17(10-14)16-4-5-25-18-11-15(12-24)28-21(16)18/h4-5,8,10-11,19H,1-3,6-7,9H2. The quantitative estimate of drug-likeness (QED) is 0.631. The maximum atomic E-state index is 13.0. The van der Waals surface area contributed by atoms with E-state index in [0.717, 1.165) is 42.6 Å². The van der Waals surface area contributed by atoms with E-state index in [0.29, 0.717) is 28.3 Å². The van der Waals surface area contributed by atoms with Gasteiger partial charge < -0.3 is 14.1 Å². The molecular weight excluding hydrogens is 390 g/mol. The summed E-state index contributed by atoms with van der Waals surface area (Å²) in [6, 6.07) is 9.07. The minimum Gasteiger partial charge on any atom is -0.479 e. The van der Waals surface area contributed by atoms with Crippen molar-refractivity contribution in [3.05, 3.63) is 46.8 Å². The molecule has 4 heterocycles. The Morgan fingerprint density at radius 1 is 1.21 bits per heavy atom. The highest BCUT2D eigenvalue weighted by Gasteiger charge is 2.35. The average Bonchev–Trinajstić information content (AvgIpc) is 3.36. The van der Waals surface area contributed by atoms with Crippen molar-refractivity contribution in [1.29, 1.82) is 5.26 Å². The number of carbonyl (C=O) groups is 1. The first-order chi connectivity index (χ1) is 14.1. The molecule has 7 heteroatoms. The van der Waals surface area contributed by atoms with Crippen molar-refractivity contribution in [3.8, 4) is 22.9 Å². The van der Waals surface area contributed by atoms with Gasteiger partial charge in [0.1, 0.15) is 17.3 Å². The van der Waals surface area contributed by atoms with Crippen molar-refractivity contribution in [1.82, 2.24) is 9.88 Å². The van der Waals surface area contributed by atoms with Crippen molar-refractivity contribution in [2.75, 3.05) is 13.1 Å². The molecule has 0 spiro atoms. The number of halogens is 1. The van der Waals surface area contributed by atoms with Gasteiger partial charge in [-0.3, -0.25) is 9.78 Å². The molecular formula is C22H18ClN3O3. The normalized spacial score (nSPS) is 18.3. The molecule has 1 saturated heterocycles. The van der Waals surface area contributed by atoms with E-state index >= 15 is 0 Å². The zero-order valence-electron chi connectivity index (χ0n) is 15.7. The van der Waals surface area contributed by atoms with Gasteiger partial charge in [0.15, 0.2) is 11.7 Å². The molecule has 1 aromatic carbocycles. The molecule has 0 radical (unpaired) electrons. The van der Waals surface area contributed by atoms with E-state index in [9.17, 15) is 4.79 Å². The summed E-state index contributed by atoms with van der Waals surface area (Å²) in [7, 11) is 0. The lowest BCUT2D eigenvalue weighted by atomic mass is 10.00. The number of likely N-dealkylation sites (tertiary alicyclic amines) is 1. The van der Waals surface area contributed by atoms with E-state index in [1.165, 1.54) is 6.42 Å². The second kappa shape index (κ2) is 7.09. The van der Waals surface area contributed by atoms with Crippen LogP contribution in [0.25, 0.3) is 22.2 Å². The molecule has 0 N–H and O–H groups in total. The van der Waals surface area contributed by atoms with Gasteiger partial charge in [-0.15, -0.1) is 0 Å². The molecule has 0 bridgehead atoms. The van der Waals surface area contributed by atoms with Gasteiger partial charge in [0.05, 0.1) is 0 Å². The Balaban J connectivity index is 1.55. The Morgan fingerprint density at radius 3 is 2.83 bits per heavy atom. The third kappa shape index (κ3) is 3.12. The van der Waals surface area contributed by atoms with Gasteiger partial charge in [-0.2, -0.15) is 5.26 Å².